The topological polar surface area (TPSA) is 96.3 Å². The van der Waals surface area contributed by atoms with E-state index in [2.05, 4.69) is 4.72 Å². The Balaban J connectivity index is 1.79. The first-order valence-electron chi connectivity index (χ1n) is 7.82. The molecule has 8 heteroatoms. The maximum atomic E-state index is 12.5. The number of anilines is 1. The highest BCUT2D eigenvalue weighted by molar-refractivity contribution is 7.94. The van der Waals surface area contributed by atoms with Gasteiger partial charge in [0.25, 0.3) is 10.0 Å². The van der Waals surface area contributed by atoms with E-state index in [1.54, 1.807) is 47.8 Å². The number of hydrogen-bond acceptors (Lipinski definition) is 6. The molecule has 1 aromatic heterocycles. The zero-order valence-corrected chi connectivity index (χ0v) is 15.6. The number of ether oxygens (including phenoxy) is 1. The fourth-order valence-electron chi connectivity index (χ4n) is 2.34. The molecule has 0 aliphatic rings. The molecule has 0 atom stereocenters. The number of nitrogens with zero attached hydrogens (tertiary/aromatic N) is 1. The molecule has 1 heterocycles. The minimum absolute atomic E-state index is 0.0887. The molecule has 3 aromatic rings. The lowest BCUT2D eigenvalue weighted by Gasteiger charge is -2.12. The molecule has 27 heavy (non-hydrogen) atoms. The summed E-state index contributed by atoms with van der Waals surface area (Å²) < 4.78 is 32.7. The van der Waals surface area contributed by atoms with Crippen LogP contribution in [0.3, 0.4) is 0 Å². The number of benzene rings is 2. The van der Waals surface area contributed by atoms with Crippen molar-refractivity contribution in [2.24, 2.45) is 0 Å². The monoisotopic (exact) mass is 398 g/mol. The van der Waals surface area contributed by atoms with E-state index in [-0.39, 0.29) is 22.1 Å². The summed E-state index contributed by atoms with van der Waals surface area (Å²) >= 11 is 1.08. The summed E-state index contributed by atoms with van der Waals surface area (Å²) in [5.41, 5.74) is 1.21. The Hall–Kier alpha value is -3.15. The maximum Gasteiger partial charge on any atom is 0.340 e. The van der Waals surface area contributed by atoms with E-state index in [0.717, 1.165) is 11.3 Å². The van der Waals surface area contributed by atoms with Crippen LogP contribution < -0.4 is 4.72 Å². The van der Waals surface area contributed by atoms with Crippen molar-refractivity contribution in [3.05, 3.63) is 82.7 Å². The number of sulfonamides is 1. The molecule has 0 saturated heterocycles. The average Bonchev–Trinajstić information content (AvgIpc) is 3.22. The van der Waals surface area contributed by atoms with E-state index in [1.807, 2.05) is 6.07 Å². The first-order valence-corrected chi connectivity index (χ1v) is 10.2. The molecule has 0 radical (unpaired) electrons. The first kappa shape index (κ1) is 18.6. The Morgan fingerprint density at radius 3 is 2.56 bits per heavy atom. The summed E-state index contributed by atoms with van der Waals surface area (Å²) in [6.45, 7) is -0.0887. The van der Waals surface area contributed by atoms with Crippen LogP contribution in [0.2, 0.25) is 0 Å². The van der Waals surface area contributed by atoms with Gasteiger partial charge in [-0.05, 0) is 29.6 Å². The number of carbonyl (C=O) groups excluding carboxylic acids is 1. The molecule has 0 unspecified atom stereocenters. The number of nitrogens with one attached hydrogen (secondary N) is 1. The van der Waals surface area contributed by atoms with Crippen LogP contribution in [0, 0.1) is 11.3 Å². The van der Waals surface area contributed by atoms with Crippen molar-refractivity contribution in [2.45, 2.75) is 10.8 Å². The summed E-state index contributed by atoms with van der Waals surface area (Å²) in [6, 6.07) is 18.1. The van der Waals surface area contributed by atoms with Gasteiger partial charge in [0.2, 0.25) is 0 Å². The average molecular weight is 398 g/mol. The summed E-state index contributed by atoms with van der Waals surface area (Å²) in [5.74, 6) is -0.688. The van der Waals surface area contributed by atoms with E-state index >= 15 is 0 Å². The van der Waals surface area contributed by atoms with Gasteiger partial charge in [-0.3, -0.25) is 4.72 Å². The number of carbonyl (C=O) groups is 1. The highest BCUT2D eigenvalue weighted by atomic mass is 32.2. The van der Waals surface area contributed by atoms with Crippen LogP contribution in [0.4, 0.5) is 5.69 Å². The van der Waals surface area contributed by atoms with Crippen LogP contribution in [0.1, 0.15) is 21.5 Å². The second-order valence-corrected chi connectivity index (χ2v) is 8.29. The summed E-state index contributed by atoms with van der Waals surface area (Å²) in [4.78, 5) is 12.5. The van der Waals surface area contributed by atoms with E-state index < -0.39 is 16.0 Å². The molecular formula is C19H14N2O4S2. The Labute approximate surface area is 160 Å². The van der Waals surface area contributed by atoms with Gasteiger partial charge < -0.3 is 4.74 Å². The number of esters is 1. The SMILES string of the molecule is N#Cc1ccccc1COC(=O)c1ccccc1NS(=O)(=O)c1cccs1. The zero-order chi connectivity index (χ0) is 19.3. The quantitative estimate of drug-likeness (QED) is 0.638. The van der Waals surface area contributed by atoms with Crippen LogP contribution in [-0.4, -0.2) is 14.4 Å². The second-order valence-electron chi connectivity index (χ2n) is 5.43. The van der Waals surface area contributed by atoms with Crippen LogP contribution in [0.5, 0.6) is 0 Å². The molecule has 0 amide bonds. The lowest BCUT2D eigenvalue weighted by atomic mass is 10.1. The molecule has 0 aliphatic heterocycles. The molecule has 136 valence electrons. The van der Waals surface area contributed by atoms with Crippen molar-refractivity contribution < 1.29 is 17.9 Å². The standard InChI is InChI=1S/C19H14N2O4S2/c20-12-14-6-1-2-7-15(14)13-25-19(22)16-8-3-4-9-17(16)21-27(23,24)18-10-5-11-26-18/h1-11,21H,13H2. The molecule has 6 nitrogen and oxygen atoms in total. The number of thiophene rings is 1. The van der Waals surface area contributed by atoms with E-state index in [9.17, 15) is 13.2 Å². The highest BCUT2D eigenvalue weighted by Crippen LogP contribution is 2.23. The smallest absolute Gasteiger partial charge is 0.340 e. The van der Waals surface area contributed by atoms with Crippen molar-refractivity contribution in [2.75, 3.05) is 4.72 Å². The lowest BCUT2D eigenvalue weighted by molar-refractivity contribution is 0.0473. The molecule has 0 bridgehead atoms. The van der Waals surface area contributed by atoms with Crippen molar-refractivity contribution >= 4 is 33.0 Å². The first-order chi connectivity index (χ1) is 13.0. The Morgan fingerprint density at radius 2 is 1.81 bits per heavy atom. The summed E-state index contributed by atoms with van der Waals surface area (Å²) in [7, 11) is -3.79. The van der Waals surface area contributed by atoms with E-state index in [4.69, 9.17) is 10.00 Å². The molecule has 0 saturated carbocycles. The molecule has 3 rings (SSSR count). The van der Waals surface area contributed by atoms with E-state index in [1.165, 1.54) is 18.2 Å². The third-order valence-electron chi connectivity index (χ3n) is 3.65. The van der Waals surface area contributed by atoms with Gasteiger partial charge in [0.05, 0.1) is 22.9 Å². The number of para-hydroxylation sites is 1. The fourth-order valence-corrected chi connectivity index (χ4v) is 4.41. The molecular weight excluding hydrogens is 384 g/mol. The normalized spacial score (nSPS) is 10.8. The molecule has 0 aliphatic carbocycles. The van der Waals surface area contributed by atoms with Gasteiger partial charge in [0.15, 0.2) is 0 Å². The number of rotatable bonds is 6. The summed E-state index contributed by atoms with van der Waals surface area (Å²) in [5, 5.41) is 10.8. The predicted molar refractivity (Wildman–Crippen MR) is 102 cm³/mol. The van der Waals surface area contributed by atoms with Gasteiger partial charge in [0, 0.05) is 5.56 Å². The van der Waals surface area contributed by atoms with Gasteiger partial charge in [-0.2, -0.15) is 5.26 Å². The maximum absolute atomic E-state index is 12.5. The van der Waals surface area contributed by atoms with Gasteiger partial charge in [-0.1, -0.05) is 36.4 Å². The van der Waals surface area contributed by atoms with Crippen molar-refractivity contribution in [3.8, 4) is 6.07 Å². The number of hydrogen-bond donors (Lipinski definition) is 1. The van der Waals surface area contributed by atoms with Gasteiger partial charge >= 0.3 is 5.97 Å². The fraction of sp³-hybridized carbons (Fsp3) is 0.0526. The van der Waals surface area contributed by atoms with Crippen molar-refractivity contribution in [3.63, 3.8) is 0 Å². The van der Waals surface area contributed by atoms with Crippen molar-refractivity contribution in [1.82, 2.24) is 0 Å². The van der Waals surface area contributed by atoms with E-state index in [0.29, 0.717) is 11.1 Å². The van der Waals surface area contributed by atoms with Gasteiger partial charge in [-0.15, -0.1) is 11.3 Å². The molecule has 0 fully saturated rings. The molecule has 2 aromatic carbocycles. The Morgan fingerprint density at radius 1 is 1.07 bits per heavy atom. The third kappa shape index (κ3) is 4.34. The van der Waals surface area contributed by atoms with Gasteiger partial charge in [0.1, 0.15) is 10.8 Å². The highest BCUT2D eigenvalue weighted by Gasteiger charge is 2.20. The minimum atomic E-state index is -3.79. The summed E-state index contributed by atoms with van der Waals surface area (Å²) in [6.07, 6.45) is 0. The Bertz CT molecular complexity index is 1100. The van der Waals surface area contributed by atoms with Crippen LogP contribution in [-0.2, 0) is 21.4 Å². The minimum Gasteiger partial charge on any atom is -0.457 e. The van der Waals surface area contributed by atoms with Crippen molar-refractivity contribution in [1.29, 1.82) is 5.26 Å². The van der Waals surface area contributed by atoms with Crippen LogP contribution in [0.15, 0.2) is 70.3 Å². The lowest BCUT2D eigenvalue weighted by Crippen LogP contribution is -2.15. The number of nitriles is 1. The van der Waals surface area contributed by atoms with Crippen LogP contribution >= 0.6 is 11.3 Å². The molecule has 1 N–H and O–H groups in total. The van der Waals surface area contributed by atoms with Gasteiger partial charge in [-0.25, -0.2) is 13.2 Å². The second kappa shape index (κ2) is 8.03. The molecule has 0 spiro atoms. The Kier molecular flexibility index (Phi) is 5.54. The van der Waals surface area contributed by atoms with Crippen LogP contribution in [0.25, 0.3) is 0 Å². The third-order valence-corrected chi connectivity index (χ3v) is 6.41. The zero-order valence-electron chi connectivity index (χ0n) is 14.0. The largest absolute Gasteiger partial charge is 0.457 e. The predicted octanol–water partition coefficient (Wildman–Crippen LogP) is 3.78.